The molecule has 25 heavy (non-hydrogen) atoms. The fourth-order valence-electron chi connectivity index (χ4n) is 2.86. The van der Waals surface area contributed by atoms with Gasteiger partial charge in [-0.3, -0.25) is 4.79 Å². The second kappa shape index (κ2) is 6.47. The van der Waals surface area contributed by atoms with Gasteiger partial charge in [-0.15, -0.1) is 0 Å². The number of likely N-dealkylation sites (tertiary alicyclic amines) is 1. The molecule has 1 aromatic heterocycles. The van der Waals surface area contributed by atoms with E-state index in [-0.39, 0.29) is 17.6 Å². The minimum atomic E-state index is -0.352. The molecule has 0 radical (unpaired) electrons. The molecule has 1 amide bonds. The molecular formula is C19H16FN3O2. The van der Waals surface area contributed by atoms with Crippen LogP contribution in [0.1, 0.15) is 33.6 Å². The third-order valence-electron chi connectivity index (χ3n) is 4.30. The van der Waals surface area contributed by atoms with Gasteiger partial charge in [-0.1, -0.05) is 35.5 Å². The molecule has 5 nitrogen and oxygen atoms in total. The molecule has 1 fully saturated rings. The van der Waals surface area contributed by atoms with Crippen LogP contribution >= 0.6 is 0 Å². The van der Waals surface area contributed by atoms with Crippen LogP contribution in [0.25, 0.3) is 0 Å². The summed E-state index contributed by atoms with van der Waals surface area (Å²) in [7, 11) is 0. The molecule has 1 saturated heterocycles. The van der Waals surface area contributed by atoms with E-state index < -0.39 is 0 Å². The topological polar surface area (TPSA) is 59.2 Å². The zero-order valence-corrected chi connectivity index (χ0v) is 13.4. The van der Waals surface area contributed by atoms with Crippen LogP contribution in [0.2, 0.25) is 0 Å². The van der Waals surface area contributed by atoms with E-state index >= 15 is 0 Å². The molecule has 0 unspecified atom stereocenters. The zero-order chi connectivity index (χ0) is 17.2. The predicted molar refractivity (Wildman–Crippen MR) is 88.6 cm³/mol. The van der Waals surface area contributed by atoms with E-state index in [2.05, 4.69) is 10.1 Å². The van der Waals surface area contributed by atoms with Crippen LogP contribution in [-0.2, 0) is 6.42 Å². The van der Waals surface area contributed by atoms with Crippen LogP contribution < -0.4 is 0 Å². The Balaban J connectivity index is 1.36. The second-order valence-electron chi connectivity index (χ2n) is 6.13. The van der Waals surface area contributed by atoms with Crippen molar-refractivity contribution in [2.24, 2.45) is 0 Å². The largest absolute Gasteiger partial charge is 0.339 e. The minimum absolute atomic E-state index is 0.0569. The summed E-state index contributed by atoms with van der Waals surface area (Å²) in [6.45, 7) is 1.06. The van der Waals surface area contributed by atoms with Crippen LogP contribution in [0.5, 0.6) is 0 Å². The first-order valence-electron chi connectivity index (χ1n) is 8.10. The van der Waals surface area contributed by atoms with Gasteiger partial charge in [0.1, 0.15) is 5.82 Å². The quantitative estimate of drug-likeness (QED) is 0.734. The Morgan fingerprint density at radius 2 is 1.84 bits per heavy atom. The maximum absolute atomic E-state index is 12.9. The number of amides is 1. The monoisotopic (exact) mass is 337 g/mol. The van der Waals surface area contributed by atoms with E-state index in [9.17, 15) is 9.18 Å². The molecule has 0 spiro atoms. The SMILES string of the molecule is O=C(c1ccc(F)cc1)N1CC(c2nc(Cc3ccccc3)no2)C1. The molecule has 126 valence electrons. The van der Waals surface area contributed by atoms with E-state index in [1.807, 2.05) is 30.3 Å². The fourth-order valence-corrected chi connectivity index (χ4v) is 2.86. The summed E-state index contributed by atoms with van der Waals surface area (Å²) in [6, 6.07) is 15.5. The summed E-state index contributed by atoms with van der Waals surface area (Å²) in [5.74, 6) is 0.801. The molecule has 1 aliphatic heterocycles. The van der Waals surface area contributed by atoms with Gasteiger partial charge in [-0.2, -0.15) is 4.98 Å². The molecule has 1 aliphatic rings. The van der Waals surface area contributed by atoms with Crippen molar-refractivity contribution in [1.82, 2.24) is 15.0 Å². The van der Waals surface area contributed by atoms with Gasteiger partial charge in [0, 0.05) is 25.1 Å². The number of rotatable bonds is 4. The molecular weight excluding hydrogens is 321 g/mol. The van der Waals surface area contributed by atoms with Crippen molar-refractivity contribution in [2.45, 2.75) is 12.3 Å². The molecule has 0 N–H and O–H groups in total. The number of benzene rings is 2. The zero-order valence-electron chi connectivity index (χ0n) is 13.4. The molecule has 2 heterocycles. The smallest absolute Gasteiger partial charge is 0.253 e. The van der Waals surface area contributed by atoms with Crippen molar-refractivity contribution in [3.8, 4) is 0 Å². The van der Waals surface area contributed by atoms with Gasteiger partial charge in [0.2, 0.25) is 5.89 Å². The standard InChI is InChI=1S/C19H16FN3O2/c20-16-8-6-14(7-9-16)19(24)23-11-15(12-23)18-21-17(22-25-18)10-13-4-2-1-3-5-13/h1-9,15H,10-12H2. The first-order valence-corrected chi connectivity index (χ1v) is 8.10. The van der Waals surface area contributed by atoms with E-state index in [1.165, 1.54) is 24.3 Å². The van der Waals surface area contributed by atoms with E-state index in [0.29, 0.717) is 36.8 Å². The minimum Gasteiger partial charge on any atom is -0.339 e. The number of carbonyl (C=O) groups excluding carboxylic acids is 1. The van der Waals surface area contributed by atoms with Crippen molar-refractivity contribution in [3.63, 3.8) is 0 Å². The van der Waals surface area contributed by atoms with Crippen LogP contribution in [-0.4, -0.2) is 34.0 Å². The first kappa shape index (κ1) is 15.5. The normalized spacial score (nSPS) is 14.4. The third-order valence-corrected chi connectivity index (χ3v) is 4.30. The van der Waals surface area contributed by atoms with Gasteiger partial charge < -0.3 is 9.42 Å². The molecule has 3 aromatic rings. The highest BCUT2D eigenvalue weighted by Crippen LogP contribution is 2.27. The van der Waals surface area contributed by atoms with Crippen molar-refractivity contribution < 1.29 is 13.7 Å². The fraction of sp³-hybridized carbons (Fsp3) is 0.211. The number of hydrogen-bond donors (Lipinski definition) is 0. The highest BCUT2D eigenvalue weighted by molar-refractivity contribution is 5.94. The summed E-state index contributed by atoms with van der Waals surface area (Å²) in [5, 5.41) is 4.02. The summed E-state index contributed by atoms with van der Waals surface area (Å²) < 4.78 is 18.3. The van der Waals surface area contributed by atoms with Gasteiger partial charge in [0.15, 0.2) is 5.82 Å². The average molecular weight is 337 g/mol. The number of nitrogens with zero attached hydrogens (tertiary/aromatic N) is 3. The van der Waals surface area contributed by atoms with Gasteiger partial charge in [0.25, 0.3) is 5.91 Å². The Kier molecular flexibility index (Phi) is 4.01. The Labute approximate surface area is 144 Å². The van der Waals surface area contributed by atoms with Gasteiger partial charge in [-0.05, 0) is 29.8 Å². The van der Waals surface area contributed by atoms with Gasteiger partial charge in [-0.25, -0.2) is 4.39 Å². The predicted octanol–water partition coefficient (Wildman–Crippen LogP) is 3.04. The van der Waals surface area contributed by atoms with Crippen LogP contribution in [0, 0.1) is 5.82 Å². The second-order valence-corrected chi connectivity index (χ2v) is 6.13. The molecule has 2 aromatic carbocycles. The van der Waals surface area contributed by atoms with Crippen molar-refractivity contribution in [1.29, 1.82) is 0 Å². The van der Waals surface area contributed by atoms with Crippen molar-refractivity contribution in [2.75, 3.05) is 13.1 Å². The summed E-state index contributed by atoms with van der Waals surface area (Å²) in [6.07, 6.45) is 0.620. The molecule has 0 saturated carbocycles. The van der Waals surface area contributed by atoms with Gasteiger partial charge in [0.05, 0.1) is 5.92 Å². The van der Waals surface area contributed by atoms with Gasteiger partial charge >= 0.3 is 0 Å². The van der Waals surface area contributed by atoms with E-state index in [1.54, 1.807) is 4.90 Å². The Bertz CT molecular complexity index is 871. The maximum atomic E-state index is 12.9. The summed E-state index contributed by atoms with van der Waals surface area (Å²) in [5.41, 5.74) is 1.60. The van der Waals surface area contributed by atoms with Crippen LogP contribution in [0.4, 0.5) is 4.39 Å². The van der Waals surface area contributed by atoms with E-state index in [4.69, 9.17) is 4.52 Å². The summed E-state index contributed by atoms with van der Waals surface area (Å²) >= 11 is 0. The highest BCUT2D eigenvalue weighted by atomic mass is 19.1. The van der Waals surface area contributed by atoms with E-state index in [0.717, 1.165) is 5.56 Å². The Hall–Kier alpha value is -3.02. The Morgan fingerprint density at radius 3 is 2.56 bits per heavy atom. The Morgan fingerprint density at radius 1 is 1.12 bits per heavy atom. The third kappa shape index (κ3) is 3.28. The highest BCUT2D eigenvalue weighted by Gasteiger charge is 2.35. The van der Waals surface area contributed by atoms with Crippen LogP contribution in [0.15, 0.2) is 59.1 Å². The number of aromatic nitrogens is 2. The average Bonchev–Trinajstić information content (AvgIpc) is 3.03. The lowest BCUT2D eigenvalue weighted by atomic mass is 9.98. The summed E-state index contributed by atoms with van der Waals surface area (Å²) in [4.78, 5) is 18.4. The molecule has 0 aliphatic carbocycles. The lowest BCUT2D eigenvalue weighted by Gasteiger charge is -2.37. The van der Waals surface area contributed by atoms with Crippen LogP contribution in [0.3, 0.4) is 0 Å². The number of halogens is 1. The molecule has 4 rings (SSSR count). The molecule has 0 atom stereocenters. The lowest BCUT2D eigenvalue weighted by molar-refractivity contribution is 0.0569. The first-order chi connectivity index (χ1) is 12.2. The van der Waals surface area contributed by atoms with Crippen molar-refractivity contribution in [3.05, 3.63) is 83.3 Å². The molecule has 6 heteroatoms. The van der Waals surface area contributed by atoms with Crippen molar-refractivity contribution >= 4 is 5.91 Å². The lowest BCUT2D eigenvalue weighted by Crippen LogP contribution is -2.48. The molecule has 0 bridgehead atoms. The number of hydrogen-bond acceptors (Lipinski definition) is 4. The number of carbonyl (C=O) groups is 1. The maximum Gasteiger partial charge on any atom is 0.253 e.